The number of aliphatic imine (C=N–C) groups is 1. The molecule has 1 rings (SSSR count). The first-order valence-electron chi connectivity index (χ1n) is 3.33. The zero-order chi connectivity index (χ0) is 7.99. The summed E-state index contributed by atoms with van der Waals surface area (Å²) in [7, 11) is 0. The van der Waals surface area contributed by atoms with E-state index >= 15 is 0 Å². The number of aliphatic hydroxyl groups is 1. The Kier molecular flexibility index (Phi) is 1.60. The lowest BCUT2D eigenvalue weighted by Crippen LogP contribution is -2.39. The van der Waals surface area contributed by atoms with Gasteiger partial charge in [-0.2, -0.15) is 0 Å². The van der Waals surface area contributed by atoms with E-state index in [2.05, 4.69) is 4.99 Å². The molecule has 2 nitrogen and oxygen atoms in total. The second kappa shape index (κ2) is 1.98. The van der Waals surface area contributed by atoms with Crippen LogP contribution in [0.4, 0.5) is 0 Å². The molecular formula is C7H13NOS. The van der Waals surface area contributed by atoms with E-state index < -0.39 is 5.72 Å². The molecule has 3 heteroatoms. The Morgan fingerprint density at radius 1 is 1.40 bits per heavy atom. The largest absolute Gasteiger partial charge is 0.368 e. The van der Waals surface area contributed by atoms with Gasteiger partial charge in [-0.15, -0.1) is 11.8 Å². The third-order valence-electron chi connectivity index (χ3n) is 1.92. The predicted molar refractivity (Wildman–Crippen MR) is 45.4 cm³/mol. The van der Waals surface area contributed by atoms with Crippen molar-refractivity contribution in [2.75, 3.05) is 0 Å². The molecule has 0 fully saturated rings. The van der Waals surface area contributed by atoms with Crippen LogP contribution >= 0.6 is 11.8 Å². The molecule has 0 spiro atoms. The molecule has 1 atom stereocenters. The van der Waals surface area contributed by atoms with Crippen LogP contribution in [-0.2, 0) is 0 Å². The summed E-state index contributed by atoms with van der Waals surface area (Å²) >= 11 is 1.63. The van der Waals surface area contributed by atoms with Crippen molar-refractivity contribution >= 4 is 16.8 Å². The summed E-state index contributed by atoms with van der Waals surface area (Å²) in [5.74, 6) is 0. The van der Waals surface area contributed by atoms with Crippen molar-refractivity contribution in [2.45, 2.75) is 38.2 Å². The molecule has 1 heterocycles. The maximum atomic E-state index is 9.68. The van der Waals surface area contributed by atoms with Crippen LogP contribution in [0, 0.1) is 0 Å². The zero-order valence-corrected chi connectivity index (χ0v) is 7.62. The third-order valence-corrected chi connectivity index (χ3v) is 3.20. The van der Waals surface area contributed by atoms with Crippen LogP contribution in [0.3, 0.4) is 0 Å². The SMILES string of the molecule is CC1=NC(C)(O)C(C)(C)S1. The van der Waals surface area contributed by atoms with E-state index in [1.807, 2.05) is 20.8 Å². The van der Waals surface area contributed by atoms with Gasteiger partial charge in [0.15, 0.2) is 5.72 Å². The fourth-order valence-corrected chi connectivity index (χ4v) is 2.13. The van der Waals surface area contributed by atoms with Gasteiger partial charge in [-0.05, 0) is 27.7 Å². The number of hydrogen-bond donors (Lipinski definition) is 1. The summed E-state index contributed by atoms with van der Waals surface area (Å²) in [5.41, 5.74) is -0.887. The normalized spacial score (nSPS) is 37.9. The van der Waals surface area contributed by atoms with Crippen molar-refractivity contribution in [1.29, 1.82) is 0 Å². The summed E-state index contributed by atoms with van der Waals surface area (Å²) in [6.07, 6.45) is 0. The molecule has 0 aromatic heterocycles. The Labute approximate surface area is 65.7 Å². The van der Waals surface area contributed by atoms with Gasteiger partial charge in [0.2, 0.25) is 0 Å². The topological polar surface area (TPSA) is 32.6 Å². The van der Waals surface area contributed by atoms with Crippen molar-refractivity contribution in [3.63, 3.8) is 0 Å². The van der Waals surface area contributed by atoms with Crippen LogP contribution in [0.25, 0.3) is 0 Å². The van der Waals surface area contributed by atoms with Crippen LogP contribution < -0.4 is 0 Å². The quantitative estimate of drug-likeness (QED) is 0.582. The predicted octanol–water partition coefficient (Wildman–Crippen LogP) is 1.64. The van der Waals surface area contributed by atoms with E-state index in [1.54, 1.807) is 18.7 Å². The lowest BCUT2D eigenvalue weighted by Gasteiger charge is -2.29. The van der Waals surface area contributed by atoms with Crippen LogP contribution in [0.15, 0.2) is 4.99 Å². The molecule has 0 aromatic rings. The van der Waals surface area contributed by atoms with Crippen molar-refractivity contribution in [3.05, 3.63) is 0 Å². The summed E-state index contributed by atoms with van der Waals surface area (Å²) in [5, 5.41) is 10.7. The van der Waals surface area contributed by atoms with Crippen LogP contribution in [0.2, 0.25) is 0 Å². The van der Waals surface area contributed by atoms with Crippen molar-refractivity contribution in [1.82, 2.24) is 0 Å². The number of nitrogens with zero attached hydrogens (tertiary/aromatic N) is 1. The van der Waals surface area contributed by atoms with Gasteiger partial charge in [0.05, 0.1) is 9.79 Å². The molecule has 0 saturated heterocycles. The molecule has 0 aromatic carbocycles. The first-order chi connectivity index (χ1) is 4.35. The van der Waals surface area contributed by atoms with Gasteiger partial charge in [0, 0.05) is 0 Å². The van der Waals surface area contributed by atoms with Gasteiger partial charge in [-0.3, -0.25) is 0 Å². The van der Waals surface area contributed by atoms with Crippen LogP contribution in [0.1, 0.15) is 27.7 Å². The average molecular weight is 159 g/mol. The van der Waals surface area contributed by atoms with E-state index in [4.69, 9.17) is 0 Å². The molecule has 1 unspecified atom stereocenters. The molecule has 58 valence electrons. The second-order valence-corrected chi connectivity index (χ2v) is 5.08. The molecule has 0 amide bonds. The zero-order valence-electron chi connectivity index (χ0n) is 6.80. The molecule has 10 heavy (non-hydrogen) atoms. The van der Waals surface area contributed by atoms with Crippen molar-refractivity contribution < 1.29 is 5.11 Å². The molecule has 0 radical (unpaired) electrons. The third kappa shape index (κ3) is 1.08. The summed E-state index contributed by atoms with van der Waals surface area (Å²) < 4.78 is -0.170. The first-order valence-corrected chi connectivity index (χ1v) is 4.15. The molecular weight excluding hydrogens is 146 g/mol. The van der Waals surface area contributed by atoms with Gasteiger partial charge < -0.3 is 5.11 Å². The smallest absolute Gasteiger partial charge is 0.168 e. The fraction of sp³-hybridized carbons (Fsp3) is 0.857. The number of rotatable bonds is 0. The lowest BCUT2D eigenvalue weighted by atomic mass is 10.0. The number of hydrogen-bond acceptors (Lipinski definition) is 3. The standard InChI is InChI=1S/C7H13NOS/c1-5-8-7(4,9)6(2,3)10-5/h9H,1-4H3. The molecule has 1 aliphatic rings. The Morgan fingerprint density at radius 2 is 1.90 bits per heavy atom. The van der Waals surface area contributed by atoms with Gasteiger partial charge in [-0.1, -0.05) is 0 Å². The van der Waals surface area contributed by atoms with Gasteiger partial charge in [0.25, 0.3) is 0 Å². The molecule has 0 bridgehead atoms. The number of thioether (sulfide) groups is 1. The van der Waals surface area contributed by atoms with Gasteiger partial charge >= 0.3 is 0 Å². The Morgan fingerprint density at radius 3 is 2.00 bits per heavy atom. The minimum atomic E-state index is -0.887. The Bertz CT molecular complexity index is 184. The second-order valence-electron chi connectivity index (χ2n) is 3.26. The van der Waals surface area contributed by atoms with E-state index in [0.717, 1.165) is 5.04 Å². The van der Waals surface area contributed by atoms with Crippen molar-refractivity contribution in [3.8, 4) is 0 Å². The minimum absolute atomic E-state index is 0.170. The molecule has 0 saturated carbocycles. The average Bonchev–Trinajstić information content (AvgIpc) is 1.73. The van der Waals surface area contributed by atoms with E-state index in [-0.39, 0.29) is 4.75 Å². The van der Waals surface area contributed by atoms with Gasteiger partial charge in [-0.25, -0.2) is 4.99 Å². The van der Waals surface area contributed by atoms with E-state index in [0.29, 0.717) is 0 Å². The summed E-state index contributed by atoms with van der Waals surface area (Å²) in [6.45, 7) is 7.67. The lowest BCUT2D eigenvalue weighted by molar-refractivity contribution is 0.0430. The van der Waals surface area contributed by atoms with Gasteiger partial charge in [0.1, 0.15) is 0 Å². The highest BCUT2D eigenvalue weighted by molar-refractivity contribution is 8.15. The Balaban J connectivity index is 2.92. The van der Waals surface area contributed by atoms with Crippen molar-refractivity contribution in [2.24, 2.45) is 4.99 Å². The molecule has 0 aliphatic carbocycles. The van der Waals surface area contributed by atoms with E-state index in [9.17, 15) is 5.11 Å². The highest BCUT2D eigenvalue weighted by Crippen LogP contribution is 2.43. The van der Waals surface area contributed by atoms with Crippen LogP contribution in [0.5, 0.6) is 0 Å². The molecule has 1 N–H and O–H groups in total. The van der Waals surface area contributed by atoms with E-state index in [1.165, 1.54) is 0 Å². The monoisotopic (exact) mass is 159 g/mol. The highest BCUT2D eigenvalue weighted by Gasteiger charge is 2.44. The molecule has 1 aliphatic heterocycles. The summed E-state index contributed by atoms with van der Waals surface area (Å²) in [6, 6.07) is 0. The summed E-state index contributed by atoms with van der Waals surface area (Å²) in [4.78, 5) is 4.11. The highest BCUT2D eigenvalue weighted by atomic mass is 32.2. The minimum Gasteiger partial charge on any atom is -0.368 e. The first kappa shape index (κ1) is 8.08. The maximum Gasteiger partial charge on any atom is 0.168 e. The van der Waals surface area contributed by atoms with Crippen LogP contribution in [-0.4, -0.2) is 20.6 Å². The Hall–Kier alpha value is -0.0200. The maximum absolute atomic E-state index is 9.68. The fourth-order valence-electron chi connectivity index (χ4n) is 0.930.